The van der Waals surface area contributed by atoms with Crippen LogP contribution < -0.4 is 0 Å². The van der Waals surface area contributed by atoms with Crippen LogP contribution in [0.2, 0.25) is 5.02 Å². The van der Waals surface area contributed by atoms with Crippen molar-refractivity contribution in [1.29, 1.82) is 0 Å². The summed E-state index contributed by atoms with van der Waals surface area (Å²) in [5, 5.41) is 4.71. The number of halogens is 1. The van der Waals surface area contributed by atoms with Crippen LogP contribution in [0.5, 0.6) is 0 Å². The average molecular weight is 283 g/mol. The van der Waals surface area contributed by atoms with Crippen LogP contribution in [-0.4, -0.2) is 11.5 Å². The fourth-order valence-electron chi connectivity index (χ4n) is 1.39. The van der Waals surface area contributed by atoms with E-state index in [1.807, 2.05) is 41.1 Å². The zero-order valence-corrected chi connectivity index (χ0v) is 11.4. The van der Waals surface area contributed by atoms with E-state index in [4.69, 9.17) is 11.6 Å². The summed E-state index contributed by atoms with van der Waals surface area (Å²) in [6.07, 6.45) is 0.515. The molecule has 0 bridgehead atoms. The molecule has 1 heterocycles. The molecule has 0 saturated heterocycles. The van der Waals surface area contributed by atoms with Crippen LogP contribution in [0.3, 0.4) is 0 Å². The number of carbonyl (C=O) groups excluding carboxylic acids is 1. The Morgan fingerprint density at radius 3 is 2.82 bits per heavy atom. The summed E-state index contributed by atoms with van der Waals surface area (Å²) >= 11 is 9.14. The van der Waals surface area contributed by atoms with Crippen molar-refractivity contribution in [1.82, 2.24) is 0 Å². The molecule has 0 aliphatic carbocycles. The van der Waals surface area contributed by atoms with Gasteiger partial charge in [-0.15, -0.1) is 11.8 Å². The summed E-state index contributed by atoms with van der Waals surface area (Å²) in [7, 11) is 0. The third-order valence-corrected chi connectivity index (χ3v) is 4.51. The first-order valence-electron chi connectivity index (χ1n) is 5.16. The van der Waals surface area contributed by atoms with E-state index in [1.54, 1.807) is 11.3 Å². The molecule has 1 aromatic carbocycles. The summed E-state index contributed by atoms with van der Waals surface area (Å²) in [5.74, 6) is 0.702. The fourth-order valence-corrected chi connectivity index (χ4v) is 3.16. The molecule has 2 rings (SSSR count). The molecule has 17 heavy (non-hydrogen) atoms. The average Bonchev–Trinajstić information content (AvgIpc) is 2.81. The van der Waals surface area contributed by atoms with Crippen molar-refractivity contribution in [3.63, 3.8) is 0 Å². The van der Waals surface area contributed by atoms with E-state index in [2.05, 4.69) is 0 Å². The number of thioether (sulfide) groups is 1. The van der Waals surface area contributed by atoms with Crippen LogP contribution >= 0.6 is 34.7 Å². The standard InChI is InChI=1S/C13H11ClOS2/c14-12-3-1-2-4-13(12)17-9-11(15)7-10-5-6-16-8-10/h1-6,8H,7,9H2. The monoisotopic (exact) mass is 282 g/mol. The molecule has 1 aromatic heterocycles. The van der Waals surface area contributed by atoms with E-state index in [-0.39, 0.29) is 5.78 Å². The Bertz CT molecular complexity index is 494. The fraction of sp³-hybridized carbons (Fsp3) is 0.154. The Kier molecular flexibility index (Phi) is 4.66. The molecule has 0 saturated carbocycles. The minimum Gasteiger partial charge on any atom is -0.298 e. The molecule has 1 nitrogen and oxygen atoms in total. The highest BCUT2D eigenvalue weighted by Crippen LogP contribution is 2.26. The summed E-state index contributed by atoms with van der Waals surface area (Å²) < 4.78 is 0. The lowest BCUT2D eigenvalue weighted by atomic mass is 10.2. The summed E-state index contributed by atoms with van der Waals surface area (Å²) in [6, 6.07) is 9.58. The molecule has 2 aromatic rings. The first-order valence-corrected chi connectivity index (χ1v) is 7.46. The van der Waals surface area contributed by atoms with Gasteiger partial charge in [-0.3, -0.25) is 4.79 Å². The second-order valence-electron chi connectivity index (χ2n) is 3.57. The van der Waals surface area contributed by atoms with Crippen LogP contribution in [0.25, 0.3) is 0 Å². The molecule has 0 amide bonds. The summed E-state index contributed by atoms with van der Waals surface area (Å²) in [6.45, 7) is 0. The molecule has 0 aliphatic heterocycles. The minimum atomic E-state index is 0.230. The minimum absolute atomic E-state index is 0.230. The number of ketones is 1. The second-order valence-corrected chi connectivity index (χ2v) is 5.77. The van der Waals surface area contributed by atoms with Gasteiger partial charge in [-0.25, -0.2) is 0 Å². The molecular formula is C13H11ClOS2. The zero-order chi connectivity index (χ0) is 12.1. The molecule has 0 unspecified atom stereocenters. The van der Waals surface area contributed by atoms with Crippen molar-refractivity contribution >= 4 is 40.5 Å². The highest BCUT2D eigenvalue weighted by molar-refractivity contribution is 8.00. The molecule has 4 heteroatoms. The Balaban J connectivity index is 1.86. The van der Waals surface area contributed by atoms with Crippen molar-refractivity contribution in [2.45, 2.75) is 11.3 Å². The van der Waals surface area contributed by atoms with Crippen LogP contribution in [0.15, 0.2) is 46.0 Å². The molecule has 0 N–H and O–H groups in total. The van der Waals surface area contributed by atoms with Gasteiger partial charge in [-0.1, -0.05) is 23.7 Å². The van der Waals surface area contributed by atoms with Crippen LogP contribution in [0.4, 0.5) is 0 Å². The van der Waals surface area contributed by atoms with Gasteiger partial charge in [0.15, 0.2) is 0 Å². The number of thiophene rings is 1. The maximum Gasteiger partial charge on any atom is 0.147 e. The van der Waals surface area contributed by atoms with Crippen molar-refractivity contribution in [3.8, 4) is 0 Å². The lowest BCUT2D eigenvalue weighted by Gasteiger charge is -2.02. The maximum atomic E-state index is 11.7. The van der Waals surface area contributed by atoms with E-state index < -0.39 is 0 Å². The van der Waals surface area contributed by atoms with Crippen molar-refractivity contribution in [2.75, 3.05) is 5.75 Å². The van der Waals surface area contributed by atoms with Gasteiger partial charge in [0, 0.05) is 11.3 Å². The first kappa shape index (κ1) is 12.7. The van der Waals surface area contributed by atoms with Gasteiger partial charge >= 0.3 is 0 Å². The molecule has 0 fully saturated rings. The van der Waals surface area contributed by atoms with Gasteiger partial charge in [-0.05, 0) is 34.5 Å². The number of Topliss-reactive ketones (excluding diaryl/α,β-unsaturated/α-hetero) is 1. The van der Waals surface area contributed by atoms with Gasteiger partial charge in [0.1, 0.15) is 5.78 Å². The van der Waals surface area contributed by atoms with Crippen LogP contribution in [0, 0.1) is 0 Å². The third kappa shape index (κ3) is 3.87. The highest BCUT2D eigenvalue weighted by Gasteiger charge is 2.06. The predicted octanol–water partition coefficient (Wildman–Crippen LogP) is 4.31. The molecule has 0 radical (unpaired) electrons. The van der Waals surface area contributed by atoms with E-state index in [0.717, 1.165) is 10.5 Å². The quantitative estimate of drug-likeness (QED) is 0.761. The van der Waals surface area contributed by atoms with E-state index in [0.29, 0.717) is 17.2 Å². The Morgan fingerprint density at radius 2 is 2.12 bits per heavy atom. The van der Waals surface area contributed by atoms with E-state index >= 15 is 0 Å². The lowest BCUT2D eigenvalue weighted by Crippen LogP contribution is -2.04. The second kappa shape index (κ2) is 6.24. The number of hydrogen-bond donors (Lipinski definition) is 0. The lowest BCUT2D eigenvalue weighted by molar-refractivity contribution is -0.115. The molecule has 88 valence electrons. The molecule has 0 aliphatic rings. The first-order chi connectivity index (χ1) is 8.25. The topological polar surface area (TPSA) is 17.1 Å². The largest absolute Gasteiger partial charge is 0.298 e. The Hall–Kier alpha value is -0.770. The van der Waals surface area contributed by atoms with Crippen LogP contribution in [0.1, 0.15) is 5.56 Å². The van der Waals surface area contributed by atoms with Crippen molar-refractivity contribution in [2.24, 2.45) is 0 Å². The number of carbonyl (C=O) groups is 1. The van der Waals surface area contributed by atoms with Gasteiger partial charge in [0.2, 0.25) is 0 Å². The molecule has 0 atom stereocenters. The number of rotatable bonds is 5. The number of hydrogen-bond acceptors (Lipinski definition) is 3. The SMILES string of the molecule is O=C(CSc1ccccc1Cl)Cc1ccsc1. The maximum absolute atomic E-state index is 11.7. The summed E-state index contributed by atoms with van der Waals surface area (Å²) in [5.41, 5.74) is 1.10. The zero-order valence-electron chi connectivity index (χ0n) is 9.06. The van der Waals surface area contributed by atoms with Crippen molar-refractivity contribution in [3.05, 3.63) is 51.7 Å². The highest BCUT2D eigenvalue weighted by atomic mass is 35.5. The Morgan fingerprint density at radius 1 is 1.29 bits per heavy atom. The van der Waals surface area contributed by atoms with Crippen LogP contribution in [-0.2, 0) is 11.2 Å². The third-order valence-electron chi connectivity index (χ3n) is 2.21. The Labute approximate surface area is 114 Å². The van der Waals surface area contributed by atoms with Gasteiger partial charge < -0.3 is 0 Å². The summed E-state index contributed by atoms with van der Waals surface area (Å²) in [4.78, 5) is 12.7. The smallest absolute Gasteiger partial charge is 0.147 e. The normalized spacial score (nSPS) is 10.4. The van der Waals surface area contributed by atoms with E-state index in [9.17, 15) is 4.79 Å². The van der Waals surface area contributed by atoms with Crippen molar-refractivity contribution < 1.29 is 4.79 Å². The number of benzene rings is 1. The molecule has 0 spiro atoms. The van der Waals surface area contributed by atoms with Gasteiger partial charge in [0.25, 0.3) is 0 Å². The molecular weight excluding hydrogens is 272 g/mol. The van der Waals surface area contributed by atoms with Gasteiger partial charge in [0.05, 0.1) is 10.8 Å². The van der Waals surface area contributed by atoms with Gasteiger partial charge in [-0.2, -0.15) is 11.3 Å². The predicted molar refractivity (Wildman–Crippen MR) is 75.2 cm³/mol. The van der Waals surface area contributed by atoms with E-state index in [1.165, 1.54) is 11.8 Å².